The lowest BCUT2D eigenvalue weighted by Gasteiger charge is -2.32. The molecule has 1 aliphatic heterocycles. The molecular weight excluding hydrogens is 270 g/mol. The lowest BCUT2D eigenvalue weighted by atomic mass is 10.2. The van der Waals surface area contributed by atoms with Gasteiger partial charge in [0.2, 0.25) is 0 Å². The zero-order valence-corrected chi connectivity index (χ0v) is 13.0. The maximum Gasteiger partial charge on any atom is 0.0497 e. The van der Waals surface area contributed by atoms with E-state index >= 15 is 0 Å². The molecule has 0 aliphatic carbocycles. The molecule has 0 spiro atoms. The predicted molar refractivity (Wildman–Crippen MR) is 85.4 cm³/mol. The number of piperazine rings is 1. The van der Waals surface area contributed by atoms with Crippen LogP contribution in [0.2, 0.25) is 5.02 Å². The van der Waals surface area contributed by atoms with Gasteiger partial charge in [-0.05, 0) is 32.2 Å². The molecule has 2 aromatic rings. The van der Waals surface area contributed by atoms with E-state index in [1.165, 1.54) is 16.6 Å². The summed E-state index contributed by atoms with van der Waals surface area (Å²) in [6.45, 7) is 8.87. The van der Waals surface area contributed by atoms with Crippen LogP contribution in [0.5, 0.6) is 0 Å². The fourth-order valence-corrected chi connectivity index (χ4v) is 3.19. The number of aromatic nitrogens is 1. The fraction of sp³-hybridized carbons (Fsp3) is 0.500. The molecule has 0 saturated carbocycles. The summed E-state index contributed by atoms with van der Waals surface area (Å²) >= 11 is 6.14. The molecule has 1 aliphatic rings. The Bertz CT molecular complexity index is 597. The molecule has 2 heterocycles. The normalized spacial score (nSPS) is 17.9. The smallest absolute Gasteiger partial charge is 0.0497 e. The number of halogens is 1. The van der Waals surface area contributed by atoms with Gasteiger partial charge in [0, 0.05) is 60.9 Å². The quantitative estimate of drug-likeness (QED) is 0.861. The van der Waals surface area contributed by atoms with Crippen molar-refractivity contribution in [2.75, 3.05) is 33.2 Å². The predicted octanol–water partition coefficient (Wildman–Crippen LogP) is 3.06. The molecule has 0 atom stereocenters. The van der Waals surface area contributed by atoms with E-state index in [2.05, 4.69) is 46.5 Å². The van der Waals surface area contributed by atoms with Crippen molar-refractivity contribution in [3.63, 3.8) is 0 Å². The summed E-state index contributed by atoms with van der Waals surface area (Å²) in [5.41, 5.74) is 2.65. The van der Waals surface area contributed by atoms with E-state index in [1.54, 1.807) is 0 Å². The Balaban J connectivity index is 1.87. The molecule has 4 heteroatoms. The topological polar surface area (TPSA) is 11.4 Å². The van der Waals surface area contributed by atoms with Crippen LogP contribution in [0.25, 0.3) is 10.9 Å². The van der Waals surface area contributed by atoms with Gasteiger partial charge in [-0.2, -0.15) is 0 Å². The first-order chi connectivity index (χ1) is 9.67. The highest BCUT2D eigenvalue weighted by Crippen LogP contribution is 2.24. The lowest BCUT2D eigenvalue weighted by molar-refractivity contribution is 0.146. The van der Waals surface area contributed by atoms with Crippen LogP contribution >= 0.6 is 11.6 Å². The maximum absolute atomic E-state index is 6.14. The van der Waals surface area contributed by atoms with Crippen molar-refractivity contribution < 1.29 is 0 Å². The summed E-state index contributed by atoms with van der Waals surface area (Å²) in [5.74, 6) is 0. The van der Waals surface area contributed by atoms with Crippen LogP contribution in [-0.2, 0) is 13.1 Å². The van der Waals surface area contributed by atoms with Gasteiger partial charge in [0.25, 0.3) is 0 Å². The van der Waals surface area contributed by atoms with E-state index in [4.69, 9.17) is 11.6 Å². The second kappa shape index (κ2) is 5.76. The molecule has 20 heavy (non-hydrogen) atoms. The molecular formula is C16H22ClN3. The third-order valence-electron chi connectivity index (χ3n) is 4.25. The Kier molecular flexibility index (Phi) is 4.01. The van der Waals surface area contributed by atoms with Gasteiger partial charge >= 0.3 is 0 Å². The number of fused-ring (bicyclic) bond motifs is 1. The zero-order chi connectivity index (χ0) is 14.1. The largest absolute Gasteiger partial charge is 0.344 e. The summed E-state index contributed by atoms with van der Waals surface area (Å²) in [4.78, 5) is 4.94. The van der Waals surface area contributed by atoms with Gasteiger partial charge in [-0.25, -0.2) is 0 Å². The van der Waals surface area contributed by atoms with Gasteiger partial charge in [0.05, 0.1) is 0 Å². The van der Waals surface area contributed by atoms with Crippen LogP contribution in [0, 0.1) is 0 Å². The van der Waals surface area contributed by atoms with Gasteiger partial charge in [-0.3, -0.25) is 4.90 Å². The molecule has 3 nitrogen and oxygen atoms in total. The standard InChI is InChI=1S/C16H22ClN3/c1-3-20-15(12-19-8-6-18(2)7-9-19)10-13-4-5-14(17)11-16(13)20/h4-5,10-11H,3,6-9,12H2,1-2H3. The Labute approximate surface area is 125 Å². The Morgan fingerprint density at radius 1 is 1.10 bits per heavy atom. The van der Waals surface area contributed by atoms with Crippen LogP contribution in [0.3, 0.4) is 0 Å². The Hall–Kier alpha value is -1.03. The highest BCUT2D eigenvalue weighted by molar-refractivity contribution is 6.31. The van der Waals surface area contributed by atoms with Crippen molar-refractivity contribution in [3.8, 4) is 0 Å². The van der Waals surface area contributed by atoms with Gasteiger partial charge < -0.3 is 9.47 Å². The minimum Gasteiger partial charge on any atom is -0.344 e. The number of nitrogens with zero attached hydrogens (tertiary/aromatic N) is 3. The molecule has 1 saturated heterocycles. The highest BCUT2D eigenvalue weighted by atomic mass is 35.5. The van der Waals surface area contributed by atoms with E-state index in [0.717, 1.165) is 44.3 Å². The summed E-state index contributed by atoms with van der Waals surface area (Å²) < 4.78 is 2.39. The third-order valence-corrected chi connectivity index (χ3v) is 4.48. The van der Waals surface area contributed by atoms with Gasteiger partial charge in [-0.15, -0.1) is 0 Å². The lowest BCUT2D eigenvalue weighted by Crippen LogP contribution is -2.44. The third kappa shape index (κ3) is 2.71. The molecule has 108 valence electrons. The first-order valence-corrected chi connectivity index (χ1v) is 7.73. The molecule has 0 bridgehead atoms. The number of hydrogen-bond donors (Lipinski definition) is 0. The number of aryl methyl sites for hydroxylation is 1. The van der Waals surface area contributed by atoms with E-state index in [1.807, 2.05) is 6.07 Å². The van der Waals surface area contributed by atoms with Crippen LogP contribution < -0.4 is 0 Å². The van der Waals surface area contributed by atoms with Crippen molar-refractivity contribution in [3.05, 3.63) is 35.0 Å². The SMILES string of the molecule is CCn1c(CN2CCN(C)CC2)cc2ccc(Cl)cc21. The van der Waals surface area contributed by atoms with Crippen LogP contribution in [-0.4, -0.2) is 47.6 Å². The maximum atomic E-state index is 6.14. The highest BCUT2D eigenvalue weighted by Gasteiger charge is 2.16. The van der Waals surface area contributed by atoms with Gasteiger partial charge in [-0.1, -0.05) is 17.7 Å². The summed E-state index contributed by atoms with van der Waals surface area (Å²) in [5, 5.41) is 2.11. The van der Waals surface area contributed by atoms with E-state index in [0.29, 0.717) is 0 Å². The van der Waals surface area contributed by atoms with Gasteiger partial charge in [0.15, 0.2) is 0 Å². The molecule has 1 fully saturated rings. The molecule has 3 rings (SSSR count). The number of likely N-dealkylation sites (N-methyl/N-ethyl adjacent to an activating group) is 1. The summed E-state index contributed by atoms with van der Waals surface area (Å²) in [6.07, 6.45) is 0. The van der Waals surface area contributed by atoms with Gasteiger partial charge in [0.1, 0.15) is 0 Å². The molecule has 0 N–H and O–H groups in total. The van der Waals surface area contributed by atoms with Crippen molar-refractivity contribution in [1.29, 1.82) is 0 Å². The minimum atomic E-state index is 0.816. The molecule has 0 radical (unpaired) electrons. The van der Waals surface area contributed by atoms with Crippen LogP contribution in [0.4, 0.5) is 0 Å². The van der Waals surface area contributed by atoms with E-state index in [9.17, 15) is 0 Å². The Morgan fingerprint density at radius 3 is 2.55 bits per heavy atom. The molecule has 0 amide bonds. The van der Waals surface area contributed by atoms with Crippen molar-refractivity contribution >= 4 is 22.5 Å². The molecule has 1 aromatic heterocycles. The second-order valence-electron chi connectivity index (χ2n) is 5.66. The zero-order valence-electron chi connectivity index (χ0n) is 12.3. The minimum absolute atomic E-state index is 0.816. The van der Waals surface area contributed by atoms with Crippen LogP contribution in [0.1, 0.15) is 12.6 Å². The first kappa shape index (κ1) is 13.9. The number of hydrogen-bond acceptors (Lipinski definition) is 2. The number of benzene rings is 1. The Morgan fingerprint density at radius 2 is 1.85 bits per heavy atom. The summed E-state index contributed by atoms with van der Waals surface area (Å²) in [6, 6.07) is 8.49. The monoisotopic (exact) mass is 291 g/mol. The van der Waals surface area contributed by atoms with Crippen molar-refractivity contribution in [1.82, 2.24) is 14.4 Å². The molecule has 1 aromatic carbocycles. The fourth-order valence-electron chi connectivity index (χ4n) is 3.02. The van der Waals surface area contributed by atoms with E-state index in [-0.39, 0.29) is 0 Å². The first-order valence-electron chi connectivity index (χ1n) is 7.36. The van der Waals surface area contributed by atoms with Crippen molar-refractivity contribution in [2.24, 2.45) is 0 Å². The average molecular weight is 292 g/mol. The summed E-state index contributed by atoms with van der Waals surface area (Å²) in [7, 11) is 2.20. The number of rotatable bonds is 3. The van der Waals surface area contributed by atoms with Crippen LogP contribution in [0.15, 0.2) is 24.3 Å². The van der Waals surface area contributed by atoms with E-state index < -0.39 is 0 Å². The second-order valence-corrected chi connectivity index (χ2v) is 6.10. The molecule has 0 unspecified atom stereocenters. The van der Waals surface area contributed by atoms with Crippen molar-refractivity contribution in [2.45, 2.75) is 20.0 Å². The average Bonchev–Trinajstić information content (AvgIpc) is 2.78.